The van der Waals surface area contributed by atoms with Crippen LogP contribution in [-0.2, 0) is 0 Å². The zero-order valence-electron chi connectivity index (χ0n) is 31.8. The van der Waals surface area contributed by atoms with E-state index in [0.717, 1.165) is 22.4 Å². The number of nitriles is 1. The summed E-state index contributed by atoms with van der Waals surface area (Å²) in [4.78, 5) is 0. The van der Waals surface area contributed by atoms with Crippen molar-refractivity contribution in [2.75, 3.05) is 0 Å². The highest BCUT2D eigenvalue weighted by molar-refractivity contribution is 7.26. The average Bonchev–Trinajstić information content (AvgIpc) is 3.96. The number of fused-ring (bicyclic) bond motifs is 9. The number of thiophene rings is 1. The fourth-order valence-electron chi connectivity index (χ4n) is 9.20. The highest BCUT2D eigenvalue weighted by atomic mass is 32.1. The molecule has 0 amide bonds. The van der Waals surface area contributed by atoms with Crippen molar-refractivity contribution in [1.29, 1.82) is 5.26 Å². The third kappa shape index (κ3) is 5.26. The van der Waals surface area contributed by atoms with Crippen LogP contribution < -0.4 is 0 Å². The van der Waals surface area contributed by atoms with Gasteiger partial charge in [0.2, 0.25) is 0 Å². The summed E-state index contributed by atoms with van der Waals surface area (Å²) in [6.07, 6.45) is 0. The Hall–Kier alpha value is -7.71. The second kappa shape index (κ2) is 13.2. The van der Waals surface area contributed by atoms with Gasteiger partial charge in [-0.2, -0.15) is 5.26 Å². The Morgan fingerprint density at radius 1 is 0.356 bits per heavy atom. The Morgan fingerprint density at radius 3 is 1.58 bits per heavy atom. The van der Waals surface area contributed by atoms with Crippen molar-refractivity contribution in [3.8, 4) is 50.8 Å². The summed E-state index contributed by atoms with van der Waals surface area (Å²) in [5.74, 6) is 0. The van der Waals surface area contributed by atoms with Crippen molar-refractivity contribution >= 4 is 75.1 Å². The van der Waals surface area contributed by atoms with Crippen LogP contribution in [0.4, 0.5) is 0 Å². The summed E-state index contributed by atoms with van der Waals surface area (Å²) >= 11 is 1.88. The molecule has 0 saturated carbocycles. The Bertz CT molecular complexity index is 3670. The van der Waals surface area contributed by atoms with E-state index in [2.05, 4.69) is 197 Å². The van der Waals surface area contributed by atoms with Gasteiger partial charge < -0.3 is 9.13 Å². The quantitative estimate of drug-likeness (QED) is 0.172. The van der Waals surface area contributed by atoms with Crippen molar-refractivity contribution in [2.24, 2.45) is 0 Å². The van der Waals surface area contributed by atoms with Gasteiger partial charge in [-0.1, -0.05) is 121 Å². The fourth-order valence-corrected chi connectivity index (χ4v) is 10.4. The third-order valence-electron chi connectivity index (χ3n) is 12.0. The van der Waals surface area contributed by atoms with Crippen molar-refractivity contribution < 1.29 is 0 Å². The van der Waals surface area contributed by atoms with E-state index in [1.165, 1.54) is 86.1 Å². The maximum absolute atomic E-state index is 9.61. The first-order chi connectivity index (χ1) is 29.2. The highest BCUT2D eigenvalue weighted by Crippen LogP contribution is 2.43. The molecule has 9 aromatic carbocycles. The summed E-state index contributed by atoms with van der Waals surface area (Å²) in [5.41, 5.74) is 14.6. The number of hydrogen-bond acceptors (Lipinski definition) is 2. The lowest BCUT2D eigenvalue weighted by molar-refractivity contribution is 1.18. The van der Waals surface area contributed by atoms with E-state index in [1.807, 2.05) is 29.5 Å². The van der Waals surface area contributed by atoms with E-state index in [-0.39, 0.29) is 0 Å². The molecule has 12 rings (SSSR count). The molecule has 3 aromatic heterocycles. The largest absolute Gasteiger partial charge is 0.309 e. The second-order valence-electron chi connectivity index (χ2n) is 15.2. The molecule has 0 radical (unpaired) electrons. The zero-order chi connectivity index (χ0) is 39.0. The van der Waals surface area contributed by atoms with Crippen molar-refractivity contribution in [2.45, 2.75) is 0 Å². The molecule has 0 fully saturated rings. The molecule has 0 bridgehead atoms. The van der Waals surface area contributed by atoms with E-state index in [9.17, 15) is 5.26 Å². The van der Waals surface area contributed by atoms with E-state index in [1.54, 1.807) is 0 Å². The van der Waals surface area contributed by atoms with Crippen molar-refractivity contribution in [3.05, 3.63) is 206 Å². The molecule has 3 nitrogen and oxygen atoms in total. The number of rotatable bonds is 5. The molecule has 0 atom stereocenters. The summed E-state index contributed by atoms with van der Waals surface area (Å²) in [5, 5.41) is 17.1. The Labute approximate surface area is 344 Å². The molecule has 0 saturated heterocycles. The van der Waals surface area contributed by atoms with E-state index in [0.29, 0.717) is 5.56 Å². The summed E-state index contributed by atoms with van der Waals surface area (Å²) in [7, 11) is 0. The Kier molecular flexibility index (Phi) is 7.47. The number of aromatic nitrogens is 2. The topological polar surface area (TPSA) is 33.6 Å². The number of hydrogen-bond donors (Lipinski definition) is 0. The third-order valence-corrected chi connectivity index (χ3v) is 13.2. The molecule has 0 spiro atoms. The van der Waals surface area contributed by atoms with Crippen LogP contribution in [0.3, 0.4) is 0 Å². The van der Waals surface area contributed by atoms with Gasteiger partial charge in [0.05, 0.1) is 33.7 Å². The first kappa shape index (κ1) is 33.4. The van der Waals surface area contributed by atoms with Gasteiger partial charge in [-0.05, 0) is 112 Å². The molecule has 0 aliphatic carbocycles. The first-order valence-electron chi connectivity index (χ1n) is 19.9. The van der Waals surface area contributed by atoms with Gasteiger partial charge in [-0.25, -0.2) is 0 Å². The average molecular weight is 768 g/mol. The van der Waals surface area contributed by atoms with Crippen molar-refractivity contribution in [1.82, 2.24) is 9.13 Å². The molecule has 12 aromatic rings. The maximum atomic E-state index is 9.61. The van der Waals surface area contributed by atoms with E-state index in [4.69, 9.17) is 0 Å². The smallest absolute Gasteiger partial charge is 0.0992 e. The predicted octanol–water partition coefficient (Wildman–Crippen LogP) is 15.1. The fraction of sp³-hybridized carbons (Fsp3) is 0. The minimum Gasteiger partial charge on any atom is -0.309 e. The minimum atomic E-state index is 0.650. The lowest BCUT2D eigenvalue weighted by Crippen LogP contribution is -1.94. The van der Waals surface area contributed by atoms with Crippen LogP contribution in [0.5, 0.6) is 0 Å². The van der Waals surface area contributed by atoms with Crippen LogP contribution in [-0.4, -0.2) is 9.13 Å². The van der Waals surface area contributed by atoms with Crippen LogP contribution in [0, 0.1) is 11.3 Å². The number of benzene rings is 9. The predicted molar refractivity (Wildman–Crippen MR) is 249 cm³/mol. The monoisotopic (exact) mass is 767 g/mol. The van der Waals surface area contributed by atoms with Crippen LogP contribution in [0.25, 0.3) is 109 Å². The first-order valence-corrected chi connectivity index (χ1v) is 20.7. The Balaban J connectivity index is 0.967. The Morgan fingerprint density at radius 2 is 0.864 bits per heavy atom. The van der Waals surface area contributed by atoms with Gasteiger partial charge in [-0.15, -0.1) is 11.3 Å². The molecular formula is C55H33N3S. The molecule has 0 aliphatic rings. The standard InChI is InChI=1S/C55H33N3S/c56-34-35-10-8-13-42(30-35)58-50-18-6-4-14-44(50)47-31-38(24-27-51(47)58)36-20-22-37(23-21-36)39-25-28-52-48(32-39)49-33-40(26-29-53(49)57(52)41-11-2-1-3-12-41)43-16-9-17-46-45-15-5-7-19-54(45)59-55(43)46/h1-33H. The molecule has 0 N–H and O–H groups in total. The van der Waals surface area contributed by atoms with Gasteiger partial charge in [0.1, 0.15) is 0 Å². The zero-order valence-corrected chi connectivity index (χ0v) is 32.6. The van der Waals surface area contributed by atoms with Crippen LogP contribution in [0.1, 0.15) is 5.56 Å². The summed E-state index contributed by atoms with van der Waals surface area (Å²) in [6.45, 7) is 0. The highest BCUT2D eigenvalue weighted by Gasteiger charge is 2.18. The van der Waals surface area contributed by atoms with Gasteiger partial charge in [-0.3, -0.25) is 0 Å². The molecule has 0 unspecified atom stereocenters. The van der Waals surface area contributed by atoms with E-state index < -0.39 is 0 Å². The van der Waals surface area contributed by atoms with Gasteiger partial charge in [0.25, 0.3) is 0 Å². The molecule has 0 aliphatic heterocycles. The maximum Gasteiger partial charge on any atom is 0.0992 e. The summed E-state index contributed by atoms with van der Waals surface area (Å²) in [6, 6.07) is 74.4. The molecule has 4 heteroatoms. The van der Waals surface area contributed by atoms with Crippen LogP contribution >= 0.6 is 11.3 Å². The SMILES string of the molecule is N#Cc1cccc(-n2c3ccccc3c3cc(-c4ccc(-c5ccc6c(c5)c5cc(-c7cccc8c7sc7ccccc78)ccc5n6-c5ccccc5)cc4)ccc32)c1. The van der Waals surface area contributed by atoms with Crippen molar-refractivity contribution in [3.63, 3.8) is 0 Å². The van der Waals surface area contributed by atoms with Crippen LogP contribution in [0.15, 0.2) is 200 Å². The van der Waals surface area contributed by atoms with Gasteiger partial charge >= 0.3 is 0 Å². The van der Waals surface area contributed by atoms with Gasteiger partial charge in [0.15, 0.2) is 0 Å². The molecule has 274 valence electrons. The van der Waals surface area contributed by atoms with E-state index >= 15 is 0 Å². The summed E-state index contributed by atoms with van der Waals surface area (Å²) < 4.78 is 7.31. The van der Waals surface area contributed by atoms with Gasteiger partial charge in [0, 0.05) is 53.1 Å². The molecule has 59 heavy (non-hydrogen) atoms. The molecule has 3 heterocycles. The normalized spacial score (nSPS) is 11.7. The number of nitrogens with zero attached hydrogens (tertiary/aromatic N) is 3. The lowest BCUT2D eigenvalue weighted by Gasteiger charge is -2.09. The number of para-hydroxylation sites is 2. The minimum absolute atomic E-state index is 0.650. The lowest BCUT2D eigenvalue weighted by atomic mass is 9.97. The molecular weight excluding hydrogens is 735 g/mol. The van der Waals surface area contributed by atoms with Crippen LogP contribution in [0.2, 0.25) is 0 Å². The second-order valence-corrected chi connectivity index (χ2v) is 16.3.